The van der Waals surface area contributed by atoms with Crippen LogP contribution in [-0.2, 0) is 15.8 Å². The summed E-state index contributed by atoms with van der Waals surface area (Å²) in [5.41, 5.74) is 6.95. The second-order valence-electron chi connectivity index (χ2n) is 4.81. The highest BCUT2D eigenvalue weighted by Crippen LogP contribution is 2.10. The fourth-order valence-electron chi connectivity index (χ4n) is 1.91. The molecule has 0 spiro atoms. The van der Waals surface area contributed by atoms with Gasteiger partial charge in [0.1, 0.15) is 0 Å². The lowest BCUT2D eigenvalue weighted by Crippen LogP contribution is -2.26. The summed E-state index contributed by atoms with van der Waals surface area (Å²) in [5.74, 6) is 1.17. The zero-order valence-corrected chi connectivity index (χ0v) is 13.6. The molecule has 6 heteroatoms. The van der Waals surface area contributed by atoms with E-state index in [1.54, 1.807) is 24.3 Å². The smallest absolute Gasteiger partial charge is 0.215 e. The van der Waals surface area contributed by atoms with E-state index in [2.05, 4.69) is 11.0 Å². The number of hydrogen-bond donors (Lipinski definition) is 2. The zero-order chi connectivity index (χ0) is 14.8. The number of nitrogen functional groups attached to an aromatic ring is 1. The number of sulfonamides is 1. The Kier molecular flexibility index (Phi) is 8.02. The van der Waals surface area contributed by atoms with Gasteiger partial charge in [0.25, 0.3) is 0 Å². The van der Waals surface area contributed by atoms with Gasteiger partial charge in [-0.1, -0.05) is 25.0 Å². The van der Waals surface area contributed by atoms with Crippen molar-refractivity contribution in [2.45, 2.75) is 31.4 Å². The SMILES string of the molecule is CSCCCCCCNS(=O)(=O)Cc1cccc(N)c1. The highest BCUT2D eigenvalue weighted by atomic mass is 32.2. The van der Waals surface area contributed by atoms with E-state index in [-0.39, 0.29) is 5.75 Å². The Morgan fingerprint density at radius 2 is 1.95 bits per heavy atom. The summed E-state index contributed by atoms with van der Waals surface area (Å²) >= 11 is 1.85. The van der Waals surface area contributed by atoms with Gasteiger partial charge >= 0.3 is 0 Å². The minimum atomic E-state index is -3.26. The molecule has 0 bridgehead atoms. The minimum absolute atomic E-state index is 0.00941. The van der Waals surface area contributed by atoms with E-state index in [4.69, 9.17) is 5.73 Å². The molecule has 0 aliphatic heterocycles. The fraction of sp³-hybridized carbons (Fsp3) is 0.571. The number of nitrogens with two attached hydrogens (primary N) is 1. The lowest BCUT2D eigenvalue weighted by atomic mass is 10.2. The van der Waals surface area contributed by atoms with E-state index in [0.717, 1.165) is 24.8 Å². The maximum atomic E-state index is 11.9. The van der Waals surface area contributed by atoms with E-state index in [0.29, 0.717) is 12.2 Å². The number of anilines is 1. The number of nitrogens with one attached hydrogen (secondary N) is 1. The quantitative estimate of drug-likeness (QED) is 0.514. The Morgan fingerprint density at radius 3 is 2.65 bits per heavy atom. The Morgan fingerprint density at radius 1 is 1.20 bits per heavy atom. The van der Waals surface area contributed by atoms with Crippen molar-refractivity contribution in [3.05, 3.63) is 29.8 Å². The van der Waals surface area contributed by atoms with Crippen molar-refractivity contribution in [2.24, 2.45) is 0 Å². The highest BCUT2D eigenvalue weighted by Gasteiger charge is 2.10. The minimum Gasteiger partial charge on any atom is -0.399 e. The van der Waals surface area contributed by atoms with Gasteiger partial charge in [0.05, 0.1) is 5.75 Å². The predicted octanol–water partition coefficient (Wildman–Crippen LogP) is 2.61. The van der Waals surface area contributed by atoms with Gasteiger partial charge in [-0.05, 0) is 42.5 Å². The Hall–Kier alpha value is -0.720. The molecule has 0 amide bonds. The van der Waals surface area contributed by atoms with Crippen LogP contribution in [-0.4, -0.2) is 27.0 Å². The van der Waals surface area contributed by atoms with E-state index < -0.39 is 10.0 Å². The van der Waals surface area contributed by atoms with Crippen LogP contribution in [0.25, 0.3) is 0 Å². The first-order valence-electron chi connectivity index (χ1n) is 6.84. The predicted molar refractivity (Wildman–Crippen MR) is 88.3 cm³/mol. The van der Waals surface area contributed by atoms with Gasteiger partial charge < -0.3 is 5.73 Å². The molecule has 0 fully saturated rings. The second kappa shape index (κ2) is 9.26. The first kappa shape index (κ1) is 17.3. The Balaban J connectivity index is 2.25. The van der Waals surface area contributed by atoms with Gasteiger partial charge in [0.15, 0.2) is 0 Å². The van der Waals surface area contributed by atoms with Crippen LogP contribution in [0, 0.1) is 0 Å². The van der Waals surface area contributed by atoms with Crippen molar-refractivity contribution in [2.75, 3.05) is 24.3 Å². The molecule has 114 valence electrons. The van der Waals surface area contributed by atoms with Gasteiger partial charge in [0, 0.05) is 12.2 Å². The van der Waals surface area contributed by atoms with Crippen LogP contribution in [0.5, 0.6) is 0 Å². The Labute approximate surface area is 126 Å². The largest absolute Gasteiger partial charge is 0.399 e. The van der Waals surface area contributed by atoms with Crippen LogP contribution in [0.15, 0.2) is 24.3 Å². The molecule has 1 rings (SSSR count). The summed E-state index contributed by atoms with van der Waals surface area (Å²) < 4.78 is 26.4. The molecule has 0 atom stereocenters. The molecule has 0 aliphatic carbocycles. The topological polar surface area (TPSA) is 72.2 Å². The van der Waals surface area contributed by atoms with Crippen LogP contribution in [0.4, 0.5) is 5.69 Å². The monoisotopic (exact) mass is 316 g/mol. The molecule has 0 radical (unpaired) electrons. The molecule has 20 heavy (non-hydrogen) atoms. The summed E-state index contributed by atoms with van der Waals surface area (Å²) in [5, 5.41) is 0. The normalized spacial score (nSPS) is 11.7. The Bertz CT molecular complexity index is 490. The van der Waals surface area contributed by atoms with Crippen molar-refractivity contribution < 1.29 is 8.42 Å². The number of thioether (sulfide) groups is 1. The van der Waals surface area contributed by atoms with Crippen molar-refractivity contribution in [3.63, 3.8) is 0 Å². The van der Waals surface area contributed by atoms with Crippen LogP contribution >= 0.6 is 11.8 Å². The zero-order valence-electron chi connectivity index (χ0n) is 12.0. The van der Waals surface area contributed by atoms with Gasteiger partial charge in [-0.2, -0.15) is 11.8 Å². The van der Waals surface area contributed by atoms with E-state index >= 15 is 0 Å². The lowest BCUT2D eigenvalue weighted by molar-refractivity contribution is 0.573. The van der Waals surface area contributed by atoms with Crippen molar-refractivity contribution in [1.82, 2.24) is 4.72 Å². The third kappa shape index (κ3) is 7.77. The van der Waals surface area contributed by atoms with Gasteiger partial charge in [0.2, 0.25) is 10.0 Å². The molecule has 0 unspecified atom stereocenters. The third-order valence-electron chi connectivity index (χ3n) is 2.90. The number of rotatable bonds is 10. The van der Waals surface area contributed by atoms with Crippen LogP contribution in [0.3, 0.4) is 0 Å². The number of benzene rings is 1. The molecule has 0 aliphatic rings. The molecular weight excluding hydrogens is 292 g/mol. The molecule has 0 saturated carbocycles. The van der Waals surface area contributed by atoms with Crippen molar-refractivity contribution >= 4 is 27.5 Å². The van der Waals surface area contributed by atoms with Crippen molar-refractivity contribution in [1.29, 1.82) is 0 Å². The molecule has 1 aromatic carbocycles. The maximum absolute atomic E-state index is 11.9. The molecule has 0 aromatic heterocycles. The standard InChI is InChI=1S/C14H24N2O2S2/c1-19-10-5-3-2-4-9-16-20(17,18)12-13-7-6-8-14(15)11-13/h6-8,11,16H,2-5,9-10,12,15H2,1H3. The molecule has 4 nitrogen and oxygen atoms in total. The van der Waals surface area contributed by atoms with Crippen LogP contribution < -0.4 is 10.5 Å². The summed E-state index contributed by atoms with van der Waals surface area (Å²) in [6, 6.07) is 6.99. The highest BCUT2D eigenvalue weighted by molar-refractivity contribution is 7.98. The van der Waals surface area contributed by atoms with Gasteiger partial charge in [-0.25, -0.2) is 13.1 Å². The fourth-order valence-corrected chi connectivity index (χ4v) is 3.57. The molecule has 0 saturated heterocycles. The van der Waals surface area contributed by atoms with Gasteiger partial charge in [-0.3, -0.25) is 0 Å². The van der Waals surface area contributed by atoms with E-state index in [1.807, 2.05) is 11.8 Å². The summed E-state index contributed by atoms with van der Waals surface area (Å²) in [7, 11) is -3.26. The first-order chi connectivity index (χ1) is 9.53. The average molecular weight is 316 g/mol. The summed E-state index contributed by atoms with van der Waals surface area (Å²) in [6.45, 7) is 0.518. The third-order valence-corrected chi connectivity index (χ3v) is 4.96. The average Bonchev–Trinajstić information content (AvgIpc) is 2.37. The van der Waals surface area contributed by atoms with E-state index in [9.17, 15) is 8.42 Å². The molecule has 3 N–H and O–H groups in total. The summed E-state index contributed by atoms with van der Waals surface area (Å²) in [6.07, 6.45) is 6.44. The summed E-state index contributed by atoms with van der Waals surface area (Å²) in [4.78, 5) is 0. The van der Waals surface area contributed by atoms with Crippen molar-refractivity contribution in [3.8, 4) is 0 Å². The number of hydrogen-bond acceptors (Lipinski definition) is 4. The first-order valence-corrected chi connectivity index (χ1v) is 9.89. The molecule has 0 heterocycles. The van der Waals surface area contributed by atoms with Crippen LogP contribution in [0.1, 0.15) is 31.2 Å². The molecule has 1 aromatic rings. The molecular formula is C14H24N2O2S2. The second-order valence-corrected chi connectivity index (χ2v) is 7.60. The van der Waals surface area contributed by atoms with Gasteiger partial charge in [-0.15, -0.1) is 0 Å². The number of unbranched alkanes of at least 4 members (excludes halogenated alkanes) is 3. The maximum Gasteiger partial charge on any atom is 0.215 e. The van der Waals surface area contributed by atoms with Crippen LogP contribution in [0.2, 0.25) is 0 Å². The van der Waals surface area contributed by atoms with E-state index in [1.165, 1.54) is 12.2 Å². The lowest BCUT2D eigenvalue weighted by Gasteiger charge is -2.07.